The average Bonchev–Trinajstić information content (AvgIpc) is 2.68. The van der Waals surface area contributed by atoms with E-state index in [2.05, 4.69) is 16.0 Å². The Kier molecular flexibility index (Phi) is 8.44. The second-order valence-corrected chi connectivity index (χ2v) is 7.05. The van der Waals surface area contributed by atoms with E-state index in [4.69, 9.17) is 16.3 Å². The number of benzene rings is 2. The van der Waals surface area contributed by atoms with E-state index in [1.807, 2.05) is 0 Å². The number of likely N-dealkylation sites (N-methyl/N-ethyl adjacent to an activating group) is 1. The molecule has 0 fully saturated rings. The lowest BCUT2D eigenvalue weighted by atomic mass is 10.2. The lowest BCUT2D eigenvalue weighted by Gasteiger charge is -2.16. The minimum absolute atomic E-state index is 0.0940. The number of imide groups is 1. The summed E-state index contributed by atoms with van der Waals surface area (Å²) in [4.78, 5) is 37.2. The number of methoxy groups -OCH3 is 1. The topological polar surface area (TPSA) is 99.8 Å². The molecular formula is C20H20ClF3N4O4. The van der Waals surface area contributed by atoms with Crippen molar-refractivity contribution in [2.24, 2.45) is 0 Å². The number of amides is 4. The molecule has 3 N–H and O–H groups in total. The normalized spacial score (nSPS) is 11.1. The van der Waals surface area contributed by atoms with Crippen molar-refractivity contribution >= 4 is 40.8 Å². The summed E-state index contributed by atoms with van der Waals surface area (Å²) in [7, 11) is 2.93. The number of rotatable bonds is 7. The molecule has 0 aliphatic carbocycles. The lowest BCUT2D eigenvalue weighted by Crippen LogP contribution is -2.42. The van der Waals surface area contributed by atoms with Gasteiger partial charge in [-0.2, -0.15) is 13.2 Å². The first-order valence-electron chi connectivity index (χ1n) is 9.08. The molecule has 12 heteroatoms. The zero-order valence-corrected chi connectivity index (χ0v) is 17.8. The van der Waals surface area contributed by atoms with Gasteiger partial charge >= 0.3 is 12.2 Å². The summed E-state index contributed by atoms with van der Waals surface area (Å²) in [6.07, 6.45) is -4.67. The number of anilines is 2. The number of alkyl halides is 3. The Hall–Kier alpha value is -3.31. The number of carbonyl (C=O) groups excluding carboxylic acids is 3. The molecule has 0 atom stereocenters. The first-order chi connectivity index (χ1) is 15.0. The summed E-state index contributed by atoms with van der Waals surface area (Å²) in [5.74, 6) is -0.740. The molecule has 8 nitrogen and oxygen atoms in total. The van der Waals surface area contributed by atoms with Crippen LogP contribution in [0.5, 0.6) is 5.75 Å². The van der Waals surface area contributed by atoms with Gasteiger partial charge in [0, 0.05) is 11.4 Å². The molecule has 2 aromatic carbocycles. The molecule has 0 heterocycles. The van der Waals surface area contributed by atoms with Gasteiger partial charge in [-0.05, 0) is 49.5 Å². The molecule has 4 amide bonds. The van der Waals surface area contributed by atoms with Gasteiger partial charge in [0.05, 0.1) is 30.8 Å². The SMILES string of the molecule is COc1ccc(NC(=O)NC(=O)CN(C)CC(=O)Nc2ccc(Cl)c(C(F)(F)F)c2)cc1. The molecule has 0 aromatic heterocycles. The number of hydrogen-bond donors (Lipinski definition) is 3. The van der Waals surface area contributed by atoms with Crippen LogP contribution in [-0.2, 0) is 15.8 Å². The second-order valence-electron chi connectivity index (χ2n) is 6.64. The third-order valence-corrected chi connectivity index (χ3v) is 4.31. The van der Waals surface area contributed by atoms with Gasteiger partial charge in [-0.25, -0.2) is 4.79 Å². The van der Waals surface area contributed by atoms with Gasteiger partial charge in [0.1, 0.15) is 5.75 Å². The molecule has 0 saturated heterocycles. The average molecular weight is 473 g/mol. The number of nitrogens with zero attached hydrogens (tertiary/aromatic N) is 1. The summed E-state index contributed by atoms with van der Waals surface area (Å²) in [6.45, 7) is -0.616. The number of ether oxygens (including phenoxy) is 1. The Morgan fingerprint density at radius 1 is 0.969 bits per heavy atom. The largest absolute Gasteiger partial charge is 0.497 e. The maximum Gasteiger partial charge on any atom is 0.417 e. The molecular weight excluding hydrogens is 453 g/mol. The van der Waals surface area contributed by atoms with Crippen molar-refractivity contribution in [3.8, 4) is 5.75 Å². The fourth-order valence-corrected chi connectivity index (χ4v) is 2.79. The molecule has 0 unspecified atom stereocenters. The van der Waals surface area contributed by atoms with Crippen LogP contribution in [0.25, 0.3) is 0 Å². The Morgan fingerprint density at radius 3 is 2.16 bits per heavy atom. The van der Waals surface area contributed by atoms with Crippen LogP contribution < -0.4 is 20.7 Å². The van der Waals surface area contributed by atoms with Crippen molar-refractivity contribution in [3.63, 3.8) is 0 Å². The van der Waals surface area contributed by atoms with Gasteiger partial charge in [0.2, 0.25) is 11.8 Å². The minimum Gasteiger partial charge on any atom is -0.497 e. The van der Waals surface area contributed by atoms with E-state index < -0.39 is 34.6 Å². The first kappa shape index (κ1) is 25.0. The summed E-state index contributed by atoms with van der Waals surface area (Å²) in [5, 5.41) is 6.39. The zero-order chi connectivity index (χ0) is 23.9. The molecule has 0 spiro atoms. The molecule has 0 aliphatic rings. The molecule has 0 radical (unpaired) electrons. The summed E-state index contributed by atoms with van der Waals surface area (Å²) >= 11 is 5.54. The van der Waals surface area contributed by atoms with E-state index >= 15 is 0 Å². The highest BCUT2D eigenvalue weighted by atomic mass is 35.5. The monoisotopic (exact) mass is 472 g/mol. The van der Waals surface area contributed by atoms with Crippen molar-refractivity contribution in [1.29, 1.82) is 0 Å². The maximum atomic E-state index is 12.9. The highest BCUT2D eigenvalue weighted by molar-refractivity contribution is 6.31. The molecule has 32 heavy (non-hydrogen) atoms. The van der Waals surface area contributed by atoms with E-state index in [1.54, 1.807) is 24.3 Å². The third-order valence-electron chi connectivity index (χ3n) is 3.98. The van der Waals surface area contributed by atoms with E-state index in [9.17, 15) is 27.6 Å². The molecule has 172 valence electrons. The third kappa shape index (κ3) is 7.75. The van der Waals surface area contributed by atoms with Crippen molar-refractivity contribution < 1.29 is 32.3 Å². The number of urea groups is 1. The van der Waals surface area contributed by atoms with Gasteiger partial charge in [0.15, 0.2) is 0 Å². The minimum atomic E-state index is -4.67. The van der Waals surface area contributed by atoms with Crippen molar-refractivity contribution in [2.45, 2.75) is 6.18 Å². The fraction of sp³-hybridized carbons (Fsp3) is 0.250. The van der Waals surface area contributed by atoms with Gasteiger partial charge < -0.3 is 15.4 Å². The van der Waals surface area contributed by atoms with E-state index in [0.717, 1.165) is 12.1 Å². The summed E-state index contributed by atoms with van der Waals surface area (Å²) in [5.41, 5.74) is -0.735. The van der Waals surface area contributed by atoms with E-state index in [1.165, 1.54) is 25.1 Å². The van der Waals surface area contributed by atoms with Gasteiger partial charge in [-0.15, -0.1) is 0 Å². The van der Waals surface area contributed by atoms with Crippen molar-refractivity contribution in [3.05, 3.63) is 53.1 Å². The lowest BCUT2D eigenvalue weighted by molar-refractivity contribution is -0.137. The Bertz CT molecular complexity index is 984. The van der Waals surface area contributed by atoms with Gasteiger partial charge in [-0.1, -0.05) is 11.6 Å². The van der Waals surface area contributed by atoms with E-state index in [0.29, 0.717) is 11.4 Å². The molecule has 0 saturated carbocycles. The maximum absolute atomic E-state index is 12.9. The highest BCUT2D eigenvalue weighted by Gasteiger charge is 2.33. The van der Waals surface area contributed by atoms with Crippen LogP contribution >= 0.6 is 11.6 Å². The van der Waals surface area contributed by atoms with Crippen LogP contribution in [0.3, 0.4) is 0 Å². The van der Waals surface area contributed by atoms with Crippen LogP contribution in [0.15, 0.2) is 42.5 Å². The second kappa shape index (κ2) is 10.8. The van der Waals surface area contributed by atoms with E-state index in [-0.39, 0.29) is 18.8 Å². The van der Waals surface area contributed by atoms with Crippen LogP contribution in [0.4, 0.5) is 29.3 Å². The van der Waals surface area contributed by atoms with Gasteiger partial charge in [0.25, 0.3) is 0 Å². The predicted molar refractivity (Wildman–Crippen MR) is 113 cm³/mol. The quantitative estimate of drug-likeness (QED) is 0.572. The molecule has 0 aliphatic heterocycles. The number of carbonyl (C=O) groups is 3. The predicted octanol–water partition coefficient (Wildman–Crippen LogP) is 3.59. The highest BCUT2D eigenvalue weighted by Crippen LogP contribution is 2.36. The smallest absolute Gasteiger partial charge is 0.417 e. The van der Waals surface area contributed by atoms with Crippen molar-refractivity contribution in [1.82, 2.24) is 10.2 Å². The Balaban J connectivity index is 1.82. The Morgan fingerprint density at radius 2 is 1.56 bits per heavy atom. The first-order valence-corrected chi connectivity index (χ1v) is 9.45. The molecule has 2 rings (SSSR count). The number of halogens is 4. The standard InChI is InChI=1S/C20H20ClF3N4O4/c1-28(10-17(29)25-13-5-8-16(21)15(9-13)20(22,23)24)11-18(30)27-19(31)26-12-3-6-14(32-2)7-4-12/h3-9H,10-11H2,1-2H3,(H,25,29)(H2,26,27,30,31). The number of nitrogens with one attached hydrogen (secondary N) is 3. The van der Waals surface area contributed by atoms with Crippen LogP contribution in [0, 0.1) is 0 Å². The fourth-order valence-electron chi connectivity index (χ4n) is 2.57. The van der Waals surface area contributed by atoms with Gasteiger partial charge in [-0.3, -0.25) is 19.8 Å². The Labute approximate surface area is 186 Å². The molecule has 2 aromatic rings. The summed E-state index contributed by atoms with van der Waals surface area (Å²) < 4.78 is 43.7. The zero-order valence-electron chi connectivity index (χ0n) is 17.0. The number of hydrogen-bond acceptors (Lipinski definition) is 5. The van der Waals surface area contributed by atoms with Crippen LogP contribution in [-0.4, -0.2) is 50.0 Å². The van der Waals surface area contributed by atoms with Crippen LogP contribution in [0.2, 0.25) is 5.02 Å². The van der Waals surface area contributed by atoms with Crippen LogP contribution in [0.1, 0.15) is 5.56 Å². The summed E-state index contributed by atoms with van der Waals surface area (Å²) in [6, 6.07) is 8.63. The molecule has 0 bridgehead atoms. The van der Waals surface area contributed by atoms with Crippen molar-refractivity contribution in [2.75, 3.05) is 37.9 Å².